The molecule has 0 spiro atoms. The van der Waals surface area contributed by atoms with E-state index in [1.807, 2.05) is 42.7 Å². The Morgan fingerprint density at radius 3 is 2.60 bits per heavy atom. The summed E-state index contributed by atoms with van der Waals surface area (Å²) in [6.07, 6.45) is 3.33. The molecule has 4 heterocycles. The lowest BCUT2D eigenvalue weighted by molar-refractivity contribution is -0.135. The Labute approximate surface area is 199 Å². The van der Waals surface area contributed by atoms with E-state index in [1.165, 1.54) is 0 Å². The van der Waals surface area contributed by atoms with E-state index in [0.717, 1.165) is 27.7 Å². The molecule has 0 fully saturated rings. The number of benzene rings is 1. The number of nitrogens with zero attached hydrogens (tertiary/aromatic N) is 5. The lowest BCUT2D eigenvalue weighted by Gasteiger charge is -2.18. The van der Waals surface area contributed by atoms with Crippen LogP contribution in [0.3, 0.4) is 0 Å². The van der Waals surface area contributed by atoms with Crippen LogP contribution in [0, 0.1) is 13.8 Å². The van der Waals surface area contributed by atoms with Crippen molar-refractivity contribution >= 4 is 21.9 Å². The second-order valence-corrected chi connectivity index (χ2v) is 8.22. The van der Waals surface area contributed by atoms with Gasteiger partial charge in [-0.25, -0.2) is 4.98 Å². The molecule has 5 rings (SSSR count). The fourth-order valence-corrected chi connectivity index (χ4v) is 4.43. The van der Waals surface area contributed by atoms with Gasteiger partial charge in [-0.15, -0.1) is 0 Å². The van der Waals surface area contributed by atoms with Crippen molar-refractivity contribution in [3.8, 4) is 28.4 Å². The fraction of sp³-hybridized carbons (Fsp3) is 0.280. The molecule has 180 valence electrons. The summed E-state index contributed by atoms with van der Waals surface area (Å²) in [6.45, 7) is 2.43. The second-order valence-electron chi connectivity index (χ2n) is 8.22. The highest BCUT2D eigenvalue weighted by molar-refractivity contribution is 6.06. The minimum atomic E-state index is -2.87. The number of hydrogen-bond donors (Lipinski definition) is 0. The molecule has 35 heavy (non-hydrogen) atoms. The van der Waals surface area contributed by atoms with Gasteiger partial charge in [-0.2, -0.15) is 8.78 Å². The summed E-state index contributed by atoms with van der Waals surface area (Å²) in [5.41, 5.74) is 5.00. The van der Waals surface area contributed by atoms with Gasteiger partial charge in [0.2, 0.25) is 0 Å². The average Bonchev–Trinajstić information content (AvgIpc) is 3.42. The predicted molar refractivity (Wildman–Crippen MR) is 126 cm³/mol. The third-order valence-corrected chi connectivity index (χ3v) is 5.94. The summed E-state index contributed by atoms with van der Waals surface area (Å²) in [4.78, 5) is 13.8. The number of methoxy groups -OCH3 is 1. The van der Waals surface area contributed by atoms with E-state index >= 15 is 0 Å². The average molecular weight is 479 g/mol. The molecule has 0 aliphatic carbocycles. The van der Waals surface area contributed by atoms with Crippen molar-refractivity contribution in [2.45, 2.75) is 33.4 Å². The highest BCUT2D eigenvalue weighted by Gasteiger charge is 2.24. The van der Waals surface area contributed by atoms with Gasteiger partial charge in [0.15, 0.2) is 5.82 Å². The number of halogens is 2. The number of aryl methyl sites for hydroxylation is 2. The SMILES string of the molecule is COc1cc2c(cc1-c1c(C)noc1C)ncc1nc(-c3ccccn3)n([C@H](C)COC(F)F)c12. The van der Waals surface area contributed by atoms with Gasteiger partial charge in [0.25, 0.3) is 0 Å². The number of alkyl halides is 2. The van der Waals surface area contributed by atoms with Crippen molar-refractivity contribution in [3.05, 3.63) is 54.2 Å². The number of ether oxygens (including phenoxy) is 2. The topological polar surface area (TPSA) is 88.1 Å². The summed E-state index contributed by atoms with van der Waals surface area (Å²) in [5.74, 6) is 1.81. The van der Waals surface area contributed by atoms with Crippen LogP contribution in [0.15, 0.2) is 47.2 Å². The molecule has 1 aromatic carbocycles. The van der Waals surface area contributed by atoms with Crippen molar-refractivity contribution in [1.82, 2.24) is 24.7 Å². The van der Waals surface area contributed by atoms with E-state index in [0.29, 0.717) is 34.1 Å². The van der Waals surface area contributed by atoms with Gasteiger partial charge in [0.05, 0.1) is 48.2 Å². The van der Waals surface area contributed by atoms with Crippen LogP contribution < -0.4 is 4.74 Å². The maximum Gasteiger partial charge on any atom is 0.345 e. The summed E-state index contributed by atoms with van der Waals surface area (Å²) < 4.78 is 43.4. The molecule has 0 saturated heterocycles. The molecule has 10 heteroatoms. The lowest BCUT2D eigenvalue weighted by Crippen LogP contribution is -2.16. The maximum absolute atomic E-state index is 12.9. The van der Waals surface area contributed by atoms with Crippen LogP contribution in [-0.4, -0.2) is 45.0 Å². The molecular weight excluding hydrogens is 456 g/mol. The molecule has 0 amide bonds. The molecular formula is C25H23F2N5O3. The second kappa shape index (κ2) is 9.03. The summed E-state index contributed by atoms with van der Waals surface area (Å²) in [5, 5.41) is 4.82. The van der Waals surface area contributed by atoms with Gasteiger partial charge in [-0.05, 0) is 45.0 Å². The maximum atomic E-state index is 12.9. The van der Waals surface area contributed by atoms with Gasteiger partial charge >= 0.3 is 6.61 Å². The Kier molecular flexibility index (Phi) is 5.89. The van der Waals surface area contributed by atoms with Gasteiger partial charge < -0.3 is 18.6 Å². The minimum Gasteiger partial charge on any atom is -0.496 e. The van der Waals surface area contributed by atoms with E-state index in [2.05, 4.69) is 19.9 Å². The molecule has 0 aliphatic rings. The van der Waals surface area contributed by atoms with Crippen LogP contribution in [0.5, 0.6) is 5.75 Å². The van der Waals surface area contributed by atoms with Crippen LogP contribution in [0.2, 0.25) is 0 Å². The molecule has 0 N–H and O–H groups in total. The first-order chi connectivity index (χ1) is 16.9. The molecule has 0 radical (unpaired) electrons. The molecule has 8 nitrogen and oxygen atoms in total. The number of rotatable bonds is 7. The zero-order chi connectivity index (χ0) is 24.7. The van der Waals surface area contributed by atoms with Crippen molar-refractivity contribution in [2.75, 3.05) is 13.7 Å². The fourth-order valence-electron chi connectivity index (χ4n) is 4.43. The van der Waals surface area contributed by atoms with E-state index in [-0.39, 0.29) is 6.61 Å². The third-order valence-electron chi connectivity index (χ3n) is 5.94. The number of aromatic nitrogens is 5. The predicted octanol–water partition coefficient (Wildman–Crippen LogP) is 5.73. The normalized spacial score (nSPS) is 12.7. The lowest BCUT2D eigenvalue weighted by atomic mass is 10.0. The highest BCUT2D eigenvalue weighted by atomic mass is 19.3. The van der Waals surface area contributed by atoms with Crippen molar-refractivity contribution < 1.29 is 22.8 Å². The van der Waals surface area contributed by atoms with Crippen LogP contribution in [0.1, 0.15) is 24.4 Å². The van der Waals surface area contributed by atoms with Gasteiger partial charge in [-0.3, -0.25) is 9.97 Å². The summed E-state index contributed by atoms with van der Waals surface area (Å²) >= 11 is 0. The molecule has 0 bridgehead atoms. The standard InChI is InChI=1S/C25H23F2N5O3/c1-13(12-34-25(26)27)32-23-16-10-21(33-4)17(22-14(2)31-35-15(22)3)9-19(16)29-11-20(23)30-24(32)18-7-5-6-8-28-18/h5-11,13,25H,12H2,1-4H3/t13-/m1/s1. The van der Waals surface area contributed by atoms with Gasteiger partial charge in [0, 0.05) is 17.1 Å². The third kappa shape index (κ3) is 3.99. The van der Waals surface area contributed by atoms with Gasteiger partial charge in [-0.1, -0.05) is 11.2 Å². The Balaban J connectivity index is 1.80. The zero-order valence-electron chi connectivity index (χ0n) is 19.6. The number of pyridine rings is 2. The first-order valence-electron chi connectivity index (χ1n) is 11.0. The molecule has 4 aromatic heterocycles. The van der Waals surface area contributed by atoms with Crippen LogP contribution >= 0.6 is 0 Å². The van der Waals surface area contributed by atoms with Crippen LogP contribution in [-0.2, 0) is 4.74 Å². The Morgan fingerprint density at radius 1 is 1.11 bits per heavy atom. The van der Waals surface area contributed by atoms with Crippen molar-refractivity contribution in [1.29, 1.82) is 0 Å². The highest BCUT2D eigenvalue weighted by Crippen LogP contribution is 2.40. The molecule has 5 aromatic rings. The largest absolute Gasteiger partial charge is 0.496 e. The molecule has 0 saturated carbocycles. The Hall–Kier alpha value is -3.92. The summed E-state index contributed by atoms with van der Waals surface area (Å²) in [6, 6.07) is 8.80. The van der Waals surface area contributed by atoms with Crippen LogP contribution in [0.25, 0.3) is 44.6 Å². The molecule has 0 aliphatic heterocycles. The monoisotopic (exact) mass is 479 g/mol. The Bertz CT molecular complexity index is 1500. The number of imidazole rings is 1. The first-order valence-corrected chi connectivity index (χ1v) is 11.0. The quantitative estimate of drug-likeness (QED) is 0.295. The van der Waals surface area contributed by atoms with Crippen molar-refractivity contribution in [2.24, 2.45) is 0 Å². The summed E-state index contributed by atoms with van der Waals surface area (Å²) in [7, 11) is 1.59. The van der Waals surface area contributed by atoms with Crippen molar-refractivity contribution in [3.63, 3.8) is 0 Å². The minimum absolute atomic E-state index is 0.207. The first kappa shape index (κ1) is 22.9. The zero-order valence-corrected chi connectivity index (χ0v) is 19.6. The molecule has 1 atom stereocenters. The number of hydrogen-bond acceptors (Lipinski definition) is 7. The van der Waals surface area contributed by atoms with E-state index in [4.69, 9.17) is 14.2 Å². The number of fused-ring (bicyclic) bond motifs is 3. The molecule has 0 unspecified atom stereocenters. The van der Waals surface area contributed by atoms with Crippen LogP contribution in [0.4, 0.5) is 8.78 Å². The Morgan fingerprint density at radius 2 is 1.94 bits per heavy atom. The van der Waals surface area contributed by atoms with E-state index < -0.39 is 12.7 Å². The van der Waals surface area contributed by atoms with Gasteiger partial charge in [0.1, 0.15) is 22.7 Å². The van der Waals surface area contributed by atoms with E-state index in [1.54, 1.807) is 32.5 Å². The van der Waals surface area contributed by atoms with E-state index in [9.17, 15) is 8.78 Å². The smallest absolute Gasteiger partial charge is 0.345 e.